The van der Waals surface area contributed by atoms with Gasteiger partial charge >= 0.3 is 12.1 Å². The molecular weight excluding hydrogens is 332 g/mol. The van der Waals surface area contributed by atoms with E-state index >= 15 is 0 Å². The summed E-state index contributed by atoms with van der Waals surface area (Å²) in [6, 6.07) is 0. The number of alkyl carbamates (subject to hydrolysis) is 1. The second kappa shape index (κ2) is 7.90. The molecule has 0 saturated heterocycles. The Hall–Kier alpha value is -2.73. The lowest BCUT2D eigenvalue weighted by Crippen LogP contribution is -2.45. The molecule has 0 saturated carbocycles. The Morgan fingerprint density at radius 2 is 2.12 bits per heavy atom. The van der Waals surface area contributed by atoms with Crippen LogP contribution in [0, 0.1) is 0 Å². The van der Waals surface area contributed by atoms with Crippen molar-refractivity contribution in [1.29, 1.82) is 0 Å². The normalized spacial score (nSPS) is 16.8. The van der Waals surface area contributed by atoms with Crippen molar-refractivity contribution in [2.45, 2.75) is 32.8 Å². The van der Waals surface area contributed by atoms with E-state index in [-0.39, 0.29) is 6.42 Å². The standard InChI is InChI=1S/C13H24N8O4/c1-13(2,3)25-12(24)14-4-5-20-7-9(15-18-20)8-21-10(6-11(22)23)16-17-19-21/h7,15,17-19H,4-6,8H2,1-3H3,(H,14,24)(H,22,23). The third-order valence-electron chi connectivity index (χ3n) is 3.01. The first-order chi connectivity index (χ1) is 11.7. The number of carboxylic acid groups (broad SMARTS) is 1. The third-order valence-corrected chi connectivity index (χ3v) is 3.01. The van der Waals surface area contributed by atoms with Crippen molar-refractivity contribution in [2.24, 2.45) is 5.10 Å². The molecule has 0 aromatic rings. The van der Waals surface area contributed by atoms with Crippen LogP contribution in [0.5, 0.6) is 0 Å². The van der Waals surface area contributed by atoms with Gasteiger partial charge in [-0.25, -0.2) is 10.3 Å². The molecule has 140 valence electrons. The topological polar surface area (TPSA) is 143 Å². The van der Waals surface area contributed by atoms with Gasteiger partial charge in [0.25, 0.3) is 0 Å². The molecule has 12 nitrogen and oxygen atoms in total. The van der Waals surface area contributed by atoms with Crippen molar-refractivity contribution in [3.63, 3.8) is 0 Å². The van der Waals surface area contributed by atoms with Gasteiger partial charge in [-0.05, 0) is 20.8 Å². The summed E-state index contributed by atoms with van der Waals surface area (Å²) in [6.45, 7) is 6.69. The van der Waals surface area contributed by atoms with Crippen LogP contribution in [-0.4, -0.2) is 58.3 Å². The molecule has 1 amide bonds. The van der Waals surface area contributed by atoms with Crippen molar-refractivity contribution in [1.82, 2.24) is 37.4 Å². The minimum Gasteiger partial charge on any atom is -0.481 e. The number of hydrazine groups is 4. The van der Waals surface area contributed by atoms with Crippen molar-refractivity contribution < 1.29 is 19.4 Å². The fraction of sp³-hybridized carbons (Fsp3) is 0.615. The van der Waals surface area contributed by atoms with E-state index < -0.39 is 17.7 Å². The lowest BCUT2D eigenvalue weighted by Gasteiger charge is -2.20. The first kappa shape index (κ1) is 18.6. The number of ether oxygens (including phenoxy) is 1. The minimum atomic E-state index is -0.962. The molecule has 0 bridgehead atoms. The first-order valence-corrected chi connectivity index (χ1v) is 7.75. The second-order valence-electron chi connectivity index (χ2n) is 6.42. The zero-order chi connectivity index (χ0) is 18.4. The summed E-state index contributed by atoms with van der Waals surface area (Å²) in [5, 5.41) is 18.7. The maximum atomic E-state index is 11.6. The van der Waals surface area contributed by atoms with Gasteiger partial charge in [0.05, 0.1) is 18.8 Å². The number of hydrogen-bond donors (Lipinski definition) is 6. The molecule has 6 N–H and O–H groups in total. The molecule has 2 heterocycles. The average Bonchev–Trinajstić information content (AvgIpc) is 3.07. The molecule has 2 rings (SSSR count). The van der Waals surface area contributed by atoms with E-state index in [9.17, 15) is 9.59 Å². The minimum absolute atomic E-state index is 0.190. The van der Waals surface area contributed by atoms with Crippen molar-refractivity contribution in [2.75, 3.05) is 19.6 Å². The van der Waals surface area contributed by atoms with Crippen LogP contribution < -0.4 is 27.3 Å². The number of rotatable bonds is 7. The monoisotopic (exact) mass is 356 g/mol. The third kappa shape index (κ3) is 6.35. The highest BCUT2D eigenvalue weighted by Gasteiger charge is 2.22. The molecule has 0 aromatic carbocycles. The van der Waals surface area contributed by atoms with Gasteiger partial charge in [0.2, 0.25) is 0 Å². The summed E-state index contributed by atoms with van der Waals surface area (Å²) >= 11 is 0. The Balaban J connectivity index is 1.72. The number of hydrogen-bond acceptors (Lipinski definition) is 10. The molecule has 0 aliphatic carbocycles. The van der Waals surface area contributed by atoms with E-state index in [1.807, 2.05) is 6.20 Å². The smallest absolute Gasteiger partial charge is 0.407 e. The Labute approximate surface area is 145 Å². The number of hydrazone groups is 1. The van der Waals surface area contributed by atoms with E-state index in [0.29, 0.717) is 25.5 Å². The maximum Gasteiger partial charge on any atom is 0.407 e. The average molecular weight is 356 g/mol. The SMILES string of the molecule is CC(C)(C)OC(=O)NCCN1C=C(CN2NNN=C2CC(=O)O)NN1. The van der Waals surface area contributed by atoms with Gasteiger partial charge in [-0.15, -0.1) is 16.2 Å². The van der Waals surface area contributed by atoms with Crippen LogP contribution >= 0.6 is 0 Å². The summed E-state index contributed by atoms with van der Waals surface area (Å²) in [5.41, 5.74) is 11.4. The Bertz CT molecular complexity index is 571. The highest BCUT2D eigenvalue weighted by Crippen LogP contribution is 2.07. The lowest BCUT2D eigenvalue weighted by atomic mass is 10.2. The van der Waals surface area contributed by atoms with E-state index in [2.05, 4.69) is 32.4 Å². The van der Waals surface area contributed by atoms with Gasteiger partial charge in [0.1, 0.15) is 12.0 Å². The van der Waals surface area contributed by atoms with Crippen molar-refractivity contribution in [3.05, 3.63) is 11.9 Å². The van der Waals surface area contributed by atoms with Gasteiger partial charge in [-0.2, -0.15) is 0 Å². The number of amidine groups is 1. The largest absolute Gasteiger partial charge is 0.481 e. The van der Waals surface area contributed by atoms with Crippen LogP contribution in [0.1, 0.15) is 27.2 Å². The summed E-state index contributed by atoms with van der Waals surface area (Å²) < 4.78 is 5.15. The van der Waals surface area contributed by atoms with Gasteiger partial charge in [0, 0.05) is 12.7 Å². The van der Waals surface area contributed by atoms with Crippen LogP contribution in [0.3, 0.4) is 0 Å². The molecule has 25 heavy (non-hydrogen) atoms. The first-order valence-electron chi connectivity index (χ1n) is 7.75. The highest BCUT2D eigenvalue weighted by atomic mass is 16.6. The zero-order valence-corrected chi connectivity index (χ0v) is 14.4. The number of nitrogens with one attached hydrogen (secondary N) is 5. The molecule has 12 heteroatoms. The van der Waals surface area contributed by atoms with Crippen molar-refractivity contribution >= 4 is 17.9 Å². The fourth-order valence-electron chi connectivity index (χ4n) is 2.04. The van der Waals surface area contributed by atoms with Crippen LogP contribution in [0.15, 0.2) is 17.0 Å². The van der Waals surface area contributed by atoms with Crippen LogP contribution in [0.2, 0.25) is 0 Å². The van der Waals surface area contributed by atoms with Gasteiger partial charge < -0.3 is 20.6 Å². The molecule has 2 aliphatic heterocycles. The van der Waals surface area contributed by atoms with Crippen LogP contribution in [-0.2, 0) is 9.53 Å². The molecule has 0 radical (unpaired) electrons. The predicted molar refractivity (Wildman–Crippen MR) is 88.0 cm³/mol. The molecule has 0 atom stereocenters. The van der Waals surface area contributed by atoms with E-state index in [1.54, 1.807) is 30.8 Å². The Morgan fingerprint density at radius 1 is 1.36 bits per heavy atom. The van der Waals surface area contributed by atoms with E-state index in [0.717, 1.165) is 5.70 Å². The predicted octanol–water partition coefficient (Wildman–Crippen LogP) is -1.21. The summed E-state index contributed by atoms with van der Waals surface area (Å²) in [7, 11) is 0. The number of nitrogens with zero attached hydrogens (tertiary/aromatic N) is 3. The quantitative estimate of drug-likeness (QED) is 0.329. The molecule has 0 spiro atoms. The Morgan fingerprint density at radius 3 is 2.80 bits per heavy atom. The van der Waals surface area contributed by atoms with Crippen molar-refractivity contribution in [3.8, 4) is 0 Å². The Kier molecular flexibility index (Phi) is 5.88. The molecular formula is C13H24N8O4. The highest BCUT2D eigenvalue weighted by molar-refractivity contribution is 5.97. The van der Waals surface area contributed by atoms with Gasteiger partial charge in [-0.3, -0.25) is 14.8 Å². The molecule has 2 aliphatic rings. The maximum absolute atomic E-state index is 11.6. The zero-order valence-electron chi connectivity index (χ0n) is 14.4. The van der Waals surface area contributed by atoms with Gasteiger partial charge in [0.15, 0.2) is 5.84 Å². The molecule has 0 fully saturated rings. The second-order valence-corrected chi connectivity index (χ2v) is 6.42. The number of carbonyl (C=O) groups is 2. The van der Waals surface area contributed by atoms with Gasteiger partial charge in [-0.1, -0.05) is 0 Å². The summed E-state index contributed by atoms with van der Waals surface area (Å²) in [6.07, 6.45) is 1.16. The molecule has 0 aromatic heterocycles. The number of aliphatic carboxylic acids is 1. The van der Waals surface area contributed by atoms with Crippen LogP contribution in [0.25, 0.3) is 0 Å². The van der Waals surface area contributed by atoms with E-state index in [4.69, 9.17) is 9.84 Å². The number of carbonyl (C=O) groups excluding carboxylic acids is 1. The summed E-state index contributed by atoms with van der Waals surface area (Å²) in [5.74, 6) is -0.587. The number of amides is 1. The van der Waals surface area contributed by atoms with E-state index in [1.165, 1.54) is 0 Å². The lowest BCUT2D eigenvalue weighted by molar-refractivity contribution is -0.135. The van der Waals surface area contributed by atoms with Crippen LogP contribution in [0.4, 0.5) is 4.79 Å². The molecule has 0 unspecified atom stereocenters. The summed E-state index contributed by atoms with van der Waals surface area (Å²) in [4.78, 5) is 22.4. The fourth-order valence-corrected chi connectivity index (χ4v) is 2.04. The number of carboxylic acids is 1.